The number of hydrazone groups is 1. The van der Waals surface area contributed by atoms with Gasteiger partial charge >= 0.3 is 11.8 Å². The number of benzene rings is 3. The number of carbonyl (C=O) groups excluding carboxylic acids is 3. The second kappa shape index (κ2) is 14.8. The molecule has 0 saturated carbocycles. The van der Waals surface area contributed by atoms with Crippen molar-refractivity contribution in [1.82, 2.24) is 10.7 Å². The number of carbonyl (C=O) groups is 3. The minimum absolute atomic E-state index is 0.213. The van der Waals surface area contributed by atoms with Crippen LogP contribution in [0, 0.1) is 6.92 Å². The topological polar surface area (TPSA) is 137 Å². The molecule has 3 rings (SSSR count). The third-order valence-electron chi connectivity index (χ3n) is 5.61. The standard InChI is InChI=1S/C29H32N4O7/c1-19-5-9-22(10-6-19)32-27(34)18-40-24-12-8-21(16-26(24)39-4)17-31-33-29(36)28(35)30-14-13-20-7-11-23(37-2)25(15-20)38-3/h5-12,15-17H,13-14,18H2,1-4H3,(H,30,35)(H,32,34)(H,33,36)/b31-17-. The predicted molar refractivity (Wildman–Crippen MR) is 150 cm³/mol. The fourth-order valence-corrected chi connectivity index (χ4v) is 3.51. The number of anilines is 1. The molecule has 3 amide bonds. The van der Waals surface area contributed by atoms with Crippen molar-refractivity contribution in [1.29, 1.82) is 0 Å². The smallest absolute Gasteiger partial charge is 0.329 e. The van der Waals surface area contributed by atoms with E-state index in [1.807, 2.05) is 37.3 Å². The van der Waals surface area contributed by atoms with E-state index >= 15 is 0 Å². The van der Waals surface area contributed by atoms with Gasteiger partial charge in [0.05, 0.1) is 27.5 Å². The van der Waals surface area contributed by atoms with Crippen LogP contribution >= 0.6 is 0 Å². The second-order valence-electron chi connectivity index (χ2n) is 8.51. The molecular weight excluding hydrogens is 516 g/mol. The monoisotopic (exact) mass is 548 g/mol. The number of rotatable bonds is 12. The highest BCUT2D eigenvalue weighted by atomic mass is 16.5. The zero-order valence-electron chi connectivity index (χ0n) is 22.8. The minimum atomic E-state index is -0.907. The number of amides is 3. The number of hydrogen-bond donors (Lipinski definition) is 3. The number of aryl methyl sites for hydroxylation is 1. The molecule has 3 aromatic carbocycles. The molecule has 210 valence electrons. The lowest BCUT2D eigenvalue weighted by Gasteiger charge is -2.11. The van der Waals surface area contributed by atoms with Crippen molar-refractivity contribution in [2.45, 2.75) is 13.3 Å². The SMILES string of the molecule is COc1ccc(CCNC(=O)C(=O)N/N=C\c2ccc(OCC(=O)Nc3ccc(C)cc3)c(OC)c2)cc1OC. The van der Waals surface area contributed by atoms with Crippen molar-refractivity contribution in [3.8, 4) is 23.0 Å². The molecule has 0 saturated heterocycles. The maximum atomic E-state index is 12.2. The molecule has 0 heterocycles. The molecule has 0 spiro atoms. The lowest BCUT2D eigenvalue weighted by atomic mass is 10.1. The lowest BCUT2D eigenvalue weighted by molar-refractivity contribution is -0.139. The summed E-state index contributed by atoms with van der Waals surface area (Å²) >= 11 is 0. The van der Waals surface area contributed by atoms with Crippen molar-refractivity contribution < 1.29 is 33.3 Å². The fraction of sp³-hybridized carbons (Fsp3) is 0.241. The molecular formula is C29H32N4O7. The van der Waals surface area contributed by atoms with Gasteiger partial charge in [0.25, 0.3) is 5.91 Å². The van der Waals surface area contributed by atoms with E-state index in [2.05, 4.69) is 21.2 Å². The number of nitrogens with one attached hydrogen (secondary N) is 3. The van der Waals surface area contributed by atoms with E-state index in [1.165, 1.54) is 13.3 Å². The second-order valence-corrected chi connectivity index (χ2v) is 8.51. The van der Waals surface area contributed by atoms with Crippen LogP contribution in [0.1, 0.15) is 16.7 Å². The van der Waals surface area contributed by atoms with Crippen LogP contribution in [0.4, 0.5) is 5.69 Å². The molecule has 0 aliphatic carbocycles. The van der Waals surface area contributed by atoms with E-state index in [1.54, 1.807) is 44.6 Å². The first-order valence-corrected chi connectivity index (χ1v) is 12.3. The zero-order valence-corrected chi connectivity index (χ0v) is 22.8. The predicted octanol–water partition coefficient (Wildman–Crippen LogP) is 2.85. The number of methoxy groups -OCH3 is 3. The molecule has 0 aromatic heterocycles. The van der Waals surface area contributed by atoms with E-state index in [0.717, 1.165) is 11.1 Å². The van der Waals surface area contributed by atoms with Crippen LogP contribution in [0.15, 0.2) is 65.8 Å². The normalized spacial score (nSPS) is 10.5. The van der Waals surface area contributed by atoms with Crippen LogP contribution < -0.4 is 35.0 Å². The highest BCUT2D eigenvalue weighted by molar-refractivity contribution is 6.35. The molecule has 0 radical (unpaired) electrons. The van der Waals surface area contributed by atoms with Gasteiger partial charge in [0.2, 0.25) is 0 Å². The first-order chi connectivity index (χ1) is 19.3. The highest BCUT2D eigenvalue weighted by Gasteiger charge is 2.13. The molecule has 3 N–H and O–H groups in total. The molecule has 3 aromatic rings. The molecule has 0 aliphatic rings. The Hall–Kier alpha value is -5.06. The van der Waals surface area contributed by atoms with Crippen LogP contribution in [0.5, 0.6) is 23.0 Å². The summed E-state index contributed by atoms with van der Waals surface area (Å²) in [6.45, 7) is 1.99. The molecule has 0 aliphatic heterocycles. The Balaban J connectivity index is 1.45. The Labute approximate surface area is 232 Å². The van der Waals surface area contributed by atoms with Crippen LogP contribution in [0.3, 0.4) is 0 Å². The van der Waals surface area contributed by atoms with Gasteiger partial charge in [0.15, 0.2) is 29.6 Å². The summed E-state index contributed by atoms with van der Waals surface area (Å²) in [7, 11) is 4.56. The average molecular weight is 549 g/mol. The minimum Gasteiger partial charge on any atom is -0.493 e. The third kappa shape index (κ3) is 8.76. The summed E-state index contributed by atoms with van der Waals surface area (Å²) in [5.74, 6) is -0.131. The largest absolute Gasteiger partial charge is 0.493 e. The van der Waals surface area contributed by atoms with E-state index in [-0.39, 0.29) is 19.1 Å². The Morgan fingerprint density at radius 1 is 0.800 bits per heavy atom. The van der Waals surface area contributed by atoms with Gasteiger partial charge in [0, 0.05) is 12.2 Å². The van der Waals surface area contributed by atoms with Crippen molar-refractivity contribution >= 4 is 29.6 Å². The van der Waals surface area contributed by atoms with Gasteiger partial charge in [-0.1, -0.05) is 23.8 Å². The van der Waals surface area contributed by atoms with Crippen LogP contribution in [0.25, 0.3) is 0 Å². The van der Waals surface area contributed by atoms with Gasteiger partial charge in [-0.05, 0) is 66.9 Å². The van der Waals surface area contributed by atoms with Gasteiger partial charge in [-0.15, -0.1) is 0 Å². The van der Waals surface area contributed by atoms with E-state index in [4.69, 9.17) is 18.9 Å². The van der Waals surface area contributed by atoms with Gasteiger partial charge in [0.1, 0.15) is 0 Å². The van der Waals surface area contributed by atoms with Crippen LogP contribution in [0.2, 0.25) is 0 Å². The summed E-state index contributed by atoms with van der Waals surface area (Å²) in [4.78, 5) is 36.4. The fourth-order valence-electron chi connectivity index (χ4n) is 3.51. The van der Waals surface area contributed by atoms with Gasteiger partial charge in [-0.3, -0.25) is 14.4 Å². The van der Waals surface area contributed by atoms with Crippen LogP contribution in [-0.4, -0.2) is 58.4 Å². The Kier molecular flexibility index (Phi) is 10.9. The molecule has 11 nitrogen and oxygen atoms in total. The van der Waals surface area contributed by atoms with E-state index < -0.39 is 11.8 Å². The van der Waals surface area contributed by atoms with Crippen LogP contribution in [-0.2, 0) is 20.8 Å². The first kappa shape index (κ1) is 29.5. The van der Waals surface area contributed by atoms with Gasteiger partial charge in [-0.2, -0.15) is 5.10 Å². The van der Waals surface area contributed by atoms with E-state index in [9.17, 15) is 14.4 Å². The van der Waals surface area contributed by atoms with E-state index in [0.29, 0.717) is 40.7 Å². The Bertz CT molecular complexity index is 1360. The van der Waals surface area contributed by atoms with Crippen molar-refractivity contribution in [3.63, 3.8) is 0 Å². The quantitative estimate of drug-likeness (QED) is 0.180. The summed E-state index contributed by atoms with van der Waals surface area (Å²) in [6, 6.07) is 17.7. The summed E-state index contributed by atoms with van der Waals surface area (Å²) < 4.78 is 21.4. The third-order valence-corrected chi connectivity index (χ3v) is 5.61. The summed E-state index contributed by atoms with van der Waals surface area (Å²) in [5, 5.41) is 9.13. The molecule has 0 atom stereocenters. The molecule has 0 bridgehead atoms. The number of nitrogens with zero attached hydrogens (tertiary/aromatic N) is 1. The highest BCUT2D eigenvalue weighted by Crippen LogP contribution is 2.28. The zero-order chi connectivity index (χ0) is 28.9. The van der Waals surface area contributed by atoms with Crippen molar-refractivity contribution in [2.24, 2.45) is 5.10 Å². The maximum absolute atomic E-state index is 12.2. The van der Waals surface area contributed by atoms with Crippen molar-refractivity contribution in [3.05, 3.63) is 77.4 Å². The molecule has 0 unspecified atom stereocenters. The number of ether oxygens (including phenoxy) is 4. The van der Waals surface area contributed by atoms with Crippen molar-refractivity contribution in [2.75, 3.05) is 39.8 Å². The molecule has 0 fully saturated rings. The maximum Gasteiger partial charge on any atom is 0.329 e. The molecule has 11 heteroatoms. The lowest BCUT2D eigenvalue weighted by Crippen LogP contribution is -2.38. The Morgan fingerprint density at radius 2 is 1.48 bits per heavy atom. The summed E-state index contributed by atoms with van der Waals surface area (Å²) in [5.41, 5.74) is 5.43. The van der Waals surface area contributed by atoms with Gasteiger partial charge in [-0.25, -0.2) is 5.43 Å². The summed E-state index contributed by atoms with van der Waals surface area (Å²) in [6.07, 6.45) is 1.84. The molecule has 40 heavy (non-hydrogen) atoms. The van der Waals surface area contributed by atoms with Gasteiger partial charge < -0.3 is 29.6 Å². The average Bonchev–Trinajstić information content (AvgIpc) is 2.97. The Morgan fingerprint density at radius 3 is 2.17 bits per heavy atom. The first-order valence-electron chi connectivity index (χ1n) is 12.3. The number of hydrogen-bond acceptors (Lipinski definition) is 8.